The van der Waals surface area contributed by atoms with Gasteiger partial charge in [0.05, 0.1) is 0 Å². The largest absolute Gasteiger partial charge is 0.314 e. The summed E-state index contributed by atoms with van der Waals surface area (Å²) in [5.74, 6) is -0.138. The molecule has 3 rings (SSSR count). The van der Waals surface area contributed by atoms with Gasteiger partial charge < -0.3 is 5.32 Å². The topological polar surface area (TPSA) is 12.0 Å². The molecule has 21 heavy (non-hydrogen) atoms. The monoisotopic (exact) mass is 309 g/mol. The molecule has 0 amide bonds. The third-order valence-corrected chi connectivity index (χ3v) is 5.75. The highest BCUT2D eigenvalue weighted by Gasteiger charge is 2.56. The van der Waals surface area contributed by atoms with E-state index in [1.165, 1.54) is 25.7 Å². The average molecular weight is 310 g/mol. The lowest BCUT2D eigenvalue weighted by atomic mass is 9.49. The standard InChI is InChI=1S/C18H25ClFN/c1-13(2)21-12-18(10-17(11-18)8-3-4-9-17)16-14(19)6-5-7-15(16)20/h5-7,13,21H,3-4,8-12H2,1-2H3. The molecule has 1 nitrogen and oxygen atoms in total. The van der Waals surface area contributed by atoms with Crippen molar-refractivity contribution in [2.24, 2.45) is 5.41 Å². The Morgan fingerprint density at radius 3 is 2.48 bits per heavy atom. The summed E-state index contributed by atoms with van der Waals surface area (Å²) >= 11 is 6.37. The van der Waals surface area contributed by atoms with Crippen LogP contribution in [0.4, 0.5) is 4.39 Å². The molecule has 1 N–H and O–H groups in total. The highest BCUT2D eigenvalue weighted by molar-refractivity contribution is 6.31. The molecule has 1 aromatic carbocycles. The Bertz CT molecular complexity index is 492. The van der Waals surface area contributed by atoms with E-state index >= 15 is 0 Å². The Balaban J connectivity index is 1.90. The van der Waals surface area contributed by atoms with Crippen molar-refractivity contribution in [3.05, 3.63) is 34.6 Å². The highest BCUT2D eigenvalue weighted by atomic mass is 35.5. The molecule has 0 aliphatic heterocycles. The SMILES string of the molecule is CC(C)NCC1(c2c(F)cccc2Cl)CC2(CCCC2)C1. The number of rotatable bonds is 4. The van der Waals surface area contributed by atoms with Crippen molar-refractivity contribution >= 4 is 11.6 Å². The van der Waals surface area contributed by atoms with Gasteiger partial charge in [0.15, 0.2) is 0 Å². The molecule has 2 fully saturated rings. The maximum absolute atomic E-state index is 14.5. The summed E-state index contributed by atoms with van der Waals surface area (Å²) < 4.78 is 14.5. The molecule has 2 aliphatic carbocycles. The lowest BCUT2D eigenvalue weighted by Crippen LogP contribution is -2.55. The summed E-state index contributed by atoms with van der Waals surface area (Å²) in [5.41, 5.74) is 1.10. The Labute approximate surface area is 132 Å². The van der Waals surface area contributed by atoms with Crippen molar-refractivity contribution in [3.8, 4) is 0 Å². The van der Waals surface area contributed by atoms with Gasteiger partial charge in [-0.3, -0.25) is 0 Å². The third kappa shape index (κ3) is 2.73. The third-order valence-electron chi connectivity index (χ3n) is 5.43. The summed E-state index contributed by atoms with van der Waals surface area (Å²) in [6.07, 6.45) is 7.45. The van der Waals surface area contributed by atoms with Gasteiger partial charge in [-0.15, -0.1) is 0 Å². The van der Waals surface area contributed by atoms with Crippen LogP contribution in [0.25, 0.3) is 0 Å². The molecule has 2 aliphatic rings. The first-order chi connectivity index (χ1) is 9.96. The fourth-order valence-corrected chi connectivity index (χ4v) is 5.02. The minimum atomic E-state index is -0.138. The van der Waals surface area contributed by atoms with Crippen LogP contribution in [0.15, 0.2) is 18.2 Å². The lowest BCUT2D eigenvalue weighted by Gasteiger charge is -2.56. The van der Waals surface area contributed by atoms with Gasteiger partial charge in [0.25, 0.3) is 0 Å². The molecular formula is C18H25ClFN. The van der Waals surface area contributed by atoms with Crippen LogP contribution in [0.3, 0.4) is 0 Å². The van der Waals surface area contributed by atoms with Crippen molar-refractivity contribution in [1.29, 1.82) is 0 Å². The number of halogens is 2. The van der Waals surface area contributed by atoms with E-state index in [9.17, 15) is 4.39 Å². The van der Waals surface area contributed by atoms with Crippen LogP contribution in [0, 0.1) is 11.2 Å². The zero-order chi connectivity index (χ0) is 15.1. The van der Waals surface area contributed by atoms with Crippen LogP contribution in [0.5, 0.6) is 0 Å². The van der Waals surface area contributed by atoms with Gasteiger partial charge in [0.2, 0.25) is 0 Å². The minimum Gasteiger partial charge on any atom is -0.314 e. The van der Waals surface area contributed by atoms with Crippen LogP contribution in [0.2, 0.25) is 5.02 Å². The van der Waals surface area contributed by atoms with Gasteiger partial charge in [0, 0.05) is 28.6 Å². The zero-order valence-corrected chi connectivity index (χ0v) is 13.8. The van der Waals surface area contributed by atoms with E-state index in [4.69, 9.17) is 11.6 Å². The first-order valence-electron chi connectivity index (χ1n) is 8.14. The van der Waals surface area contributed by atoms with Crippen molar-refractivity contribution in [3.63, 3.8) is 0 Å². The quantitative estimate of drug-likeness (QED) is 0.819. The van der Waals surface area contributed by atoms with Gasteiger partial charge >= 0.3 is 0 Å². The number of benzene rings is 1. The predicted octanol–water partition coefficient (Wildman–Crippen LogP) is 5.07. The first kappa shape index (κ1) is 15.3. The predicted molar refractivity (Wildman–Crippen MR) is 86.4 cm³/mol. The summed E-state index contributed by atoms with van der Waals surface area (Å²) in [4.78, 5) is 0. The van der Waals surface area contributed by atoms with Crippen molar-refractivity contribution in [1.82, 2.24) is 5.32 Å². The Morgan fingerprint density at radius 1 is 1.24 bits per heavy atom. The number of nitrogens with one attached hydrogen (secondary N) is 1. The maximum Gasteiger partial charge on any atom is 0.128 e. The molecule has 0 atom stereocenters. The van der Waals surface area contributed by atoms with Crippen molar-refractivity contribution in [2.45, 2.75) is 63.8 Å². The molecule has 0 heterocycles. The summed E-state index contributed by atoms with van der Waals surface area (Å²) in [6.45, 7) is 5.11. The van der Waals surface area contributed by atoms with Gasteiger partial charge in [-0.05, 0) is 43.2 Å². The van der Waals surface area contributed by atoms with E-state index in [2.05, 4.69) is 19.2 Å². The molecule has 1 spiro atoms. The molecule has 1 aromatic rings. The second-order valence-electron chi connectivity index (χ2n) is 7.47. The van der Waals surface area contributed by atoms with E-state index in [1.54, 1.807) is 12.1 Å². The molecule has 3 heteroatoms. The second-order valence-corrected chi connectivity index (χ2v) is 7.88. The van der Waals surface area contributed by atoms with Gasteiger partial charge in [-0.1, -0.05) is 44.4 Å². The van der Waals surface area contributed by atoms with Gasteiger partial charge in [-0.25, -0.2) is 4.39 Å². The molecule has 0 aromatic heterocycles. The summed E-state index contributed by atoms with van der Waals surface area (Å²) in [6, 6.07) is 5.50. The first-order valence-corrected chi connectivity index (χ1v) is 8.52. The molecule has 0 radical (unpaired) electrons. The van der Waals surface area contributed by atoms with Crippen molar-refractivity contribution < 1.29 is 4.39 Å². The molecule has 0 unspecified atom stereocenters. The van der Waals surface area contributed by atoms with E-state index in [1.807, 2.05) is 6.07 Å². The van der Waals surface area contributed by atoms with Crippen LogP contribution >= 0.6 is 11.6 Å². The molecular weight excluding hydrogens is 285 g/mol. The van der Waals surface area contributed by atoms with E-state index < -0.39 is 0 Å². The zero-order valence-electron chi connectivity index (χ0n) is 13.0. The van der Waals surface area contributed by atoms with Crippen LogP contribution in [-0.2, 0) is 5.41 Å². The van der Waals surface area contributed by atoms with Crippen molar-refractivity contribution in [2.75, 3.05) is 6.54 Å². The second kappa shape index (κ2) is 5.55. The van der Waals surface area contributed by atoms with Crippen LogP contribution in [0.1, 0.15) is 57.9 Å². The molecule has 0 saturated heterocycles. The normalized spacial score (nSPS) is 22.7. The van der Waals surface area contributed by atoms with Crippen LogP contribution in [-0.4, -0.2) is 12.6 Å². The Hall–Kier alpha value is -0.600. The van der Waals surface area contributed by atoms with Crippen LogP contribution < -0.4 is 5.32 Å². The minimum absolute atomic E-state index is 0.114. The number of hydrogen-bond donors (Lipinski definition) is 1. The fraction of sp³-hybridized carbons (Fsp3) is 0.667. The number of hydrogen-bond acceptors (Lipinski definition) is 1. The highest BCUT2D eigenvalue weighted by Crippen LogP contribution is 2.63. The Morgan fingerprint density at radius 2 is 1.90 bits per heavy atom. The van der Waals surface area contributed by atoms with Gasteiger partial charge in [-0.2, -0.15) is 0 Å². The average Bonchev–Trinajstić information content (AvgIpc) is 2.84. The molecule has 0 bridgehead atoms. The fourth-order valence-electron chi connectivity index (χ4n) is 4.66. The summed E-state index contributed by atoms with van der Waals surface area (Å²) in [5, 5.41) is 4.11. The lowest BCUT2D eigenvalue weighted by molar-refractivity contribution is 0.0235. The Kier molecular flexibility index (Phi) is 4.04. The van der Waals surface area contributed by atoms with E-state index in [0.717, 1.165) is 24.9 Å². The molecule has 116 valence electrons. The maximum atomic E-state index is 14.5. The van der Waals surface area contributed by atoms with E-state index in [0.29, 0.717) is 16.5 Å². The molecule has 2 saturated carbocycles. The van der Waals surface area contributed by atoms with Gasteiger partial charge in [0.1, 0.15) is 5.82 Å². The van der Waals surface area contributed by atoms with E-state index in [-0.39, 0.29) is 11.2 Å². The summed E-state index contributed by atoms with van der Waals surface area (Å²) in [7, 11) is 0. The smallest absolute Gasteiger partial charge is 0.128 e.